The molecule has 21 heavy (non-hydrogen) atoms. The number of likely N-dealkylation sites (tertiary alicyclic amines) is 1. The van der Waals surface area contributed by atoms with Crippen LogP contribution in [-0.2, 0) is 0 Å². The lowest BCUT2D eigenvalue weighted by Gasteiger charge is -2.35. The molecule has 1 aliphatic heterocycles. The predicted octanol–water partition coefficient (Wildman–Crippen LogP) is 2.65. The van der Waals surface area contributed by atoms with Gasteiger partial charge in [0.25, 0.3) is 0 Å². The van der Waals surface area contributed by atoms with E-state index in [2.05, 4.69) is 20.2 Å². The standard InChI is InChI=1S/C16H24N4S/c21-16(19-14-8-11-1-2-13(14)7-11)20-5-3-12(4-6-20)15-9-17-10-18-15/h9-14H,1-8H2,(H,17,18)(H,19,21)/t11-,13+,14+/m1/s1. The molecule has 4 nitrogen and oxygen atoms in total. The summed E-state index contributed by atoms with van der Waals surface area (Å²) in [5.41, 5.74) is 1.28. The predicted molar refractivity (Wildman–Crippen MR) is 87.1 cm³/mol. The smallest absolute Gasteiger partial charge is 0.169 e. The second kappa shape index (κ2) is 5.59. The number of aromatic amines is 1. The topological polar surface area (TPSA) is 44.0 Å². The summed E-state index contributed by atoms with van der Waals surface area (Å²) >= 11 is 5.66. The highest BCUT2D eigenvalue weighted by Crippen LogP contribution is 2.44. The fraction of sp³-hybridized carbons (Fsp3) is 0.750. The number of rotatable bonds is 2. The number of nitrogens with one attached hydrogen (secondary N) is 2. The molecule has 5 heteroatoms. The molecule has 1 saturated heterocycles. The molecule has 114 valence electrons. The van der Waals surface area contributed by atoms with Crippen molar-refractivity contribution in [2.45, 2.75) is 50.5 Å². The fourth-order valence-corrected chi connectivity index (χ4v) is 4.89. The molecule has 0 aromatic carbocycles. The zero-order valence-corrected chi connectivity index (χ0v) is 13.2. The summed E-state index contributed by atoms with van der Waals surface area (Å²) in [6.07, 6.45) is 11.7. The van der Waals surface area contributed by atoms with Gasteiger partial charge in [-0.15, -0.1) is 0 Å². The largest absolute Gasteiger partial charge is 0.360 e. The second-order valence-corrected chi connectivity index (χ2v) is 7.39. The lowest BCUT2D eigenvalue weighted by Crippen LogP contribution is -2.48. The minimum Gasteiger partial charge on any atom is -0.360 e. The van der Waals surface area contributed by atoms with Gasteiger partial charge in [0.15, 0.2) is 5.11 Å². The molecule has 2 bridgehead atoms. The van der Waals surface area contributed by atoms with Gasteiger partial charge in [-0.2, -0.15) is 0 Å². The number of H-pyrrole nitrogens is 1. The minimum absolute atomic E-state index is 0.619. The summed E-state index contributed by atoms with van der Waals surface area (Å²) in [6, 6.07) is 0.654. The Morgan fingerprint density at radius 3 is 2.71 bits per heavy atom. The van der Waals surface area contributed by atoms with Crippen molar-refractivity contribution in [3.63, 3.8) is 0 Å². The molecule has 0 spiro atoms. The second-order valence-electron chi connectivity index (χ2n) is 7.00. The van der Waals surface area contributed by atoms with E-state index in [9.17, 15) is 0 Å². The van der Waals surface area contributed by atoms with E-state index in [1.807, 2.05) is 6.20 Å². The molecule has 0 amide bonds. The highest BCUT2D eigenvalue weighted by atomic mass is 32.1. The Labute approximate surface area is 131 Å². The van der Waals surface area contributed by atoms with Crippen LogP contribution in [-0.4, -0.2) is 39.1 Å². The van der Waals surface area contributed by atoms with Crippen LogP contribution < -0.4 is 5.32 Å². The molecule has 0 radical (unpaired) electrons. The highest BCUT2D eigenvalue weighted by molar-refractivity contribution is 7.80. The van der Waals surface area contributed by atoms with Gasteiger partial charge < -0.3 is 15.2 Å². The van der Waals surface area contributed by atoms with Crippen LogP contribution >= 0.6 is 12.2 Å². The molecular weight excluding hydrogens is 280 g/mol. The number of thiocarbonyl (C=S) groups is 1. The number of piperidine rings is 1. The lowest BCUT2D eigenvalue weighted by molar-refractivity contribution is 0.296. The number of fused-ring (bicyclic) bond motifs is 2. The monoisotopic (exact) mass is 304 g/mol. The van der Waals surface area contributed by atoms with Crippen molar-refractivity contribution < 1.29 is 0 Å². The van der Waals surface area contributed by atoms with Gasteiger partial charge in [0.1, 0.15) is 0 Å². The van der Waals surface area contributed by atoms with Crippen LogP contribution in [0.2, 0.25) is 0 Å². The van der Waals surface area contributed by atoms with Crippen molar-refractivity contribution >= 4 is 17.3 Å². The normalized spacial score (nSPS) is 32.6. The van der Waals surface area contributed by atoms with Gasteiger partial charge in [-0.25, -0.2) is 4.98 Å². The van der Waals surface area contributed by atoms with Gasteiger partial charge in [-0.05, 0) is 56.2 Å². The molecule has 2 saturated carbocycles. The van der Waals surface area contributed by atoms with Gasteiger partial charge >= 0.3 is 0 Å². The average molecular weight is 304 g/mol. The Hall–Kier alpha value is -1.10. The van der Waals surface area contributed by atoms with E-state index in [1.165, 1.54) is 44.2 Å². The van der Waals surface area contributed by atoms with Crippen molar-refractivity contribution in [1.29, 1.82) is 0 Å². The quantitative estimate of drug-likeness (QED) is 0.825. The van der Waals surface area contributed by atoms with E-state index in [0.29, 0.717) is 12.0 Å². The van der Waals surface area contributed by atoms with Crippen LogP contribution in [0.25, 0.3) is 0 Å². The SMILES string of the molecule is S=C(N[C@H]1C[C@@H]2CC[C@H]1C2)N1CCC(c2cnc[nH]2)CC1. The van der Waals surface area contributed by atoms with Crippen LogP contribution in [0.4, 0.5) is 0 Å². The molecule has 1 aromatic rings. The summed E-state index contributed by atoms with van der Waals surface area (Å²) in [7, 11) is 0. The third-order valence-corrected chi connectivity index (χ3v) is 6.16. The maximum Gasteiger partial charge on any atom is 0.169 e. The third-order valence-electron chi connectivity index (χ3n) is 5.79. The van der Waals surface area contributed by atoms with E-state index >= 15 is 0 Å². The lowest BCUT2D eigenvalue weighted by atomic mass is 9.94. The third kappa shape index (κ3) is 2.68. The molecule has 2 aliphatic carbocycles. The average Bonchev–Trinajstić information content (AvgIpc) is 3.25. The van der Waals surface area contributed by atoms with Crippen LogP contribution in [0.5, 0.6) is 0 Å². The molecule has 4 rings (SSSR count). The Kier molecular flexibility index (Phi) is 3.61. The fourth-order valence-electron chi connectivity index (χ4n) is 4.55. The Morgan fingerprint density at radius 2 is 2.10 bits per heavy atom. The summed E-state index contributed by atoms with van der Waals surface area (Å²) in [5.74, 6) is 2.48. The van der Waals surface area contributed by atoms with Gasteiger partial charge in [-0.1, -0.05) is 6.42 Å². The summed E-state index contributed by atoms with van der Waals surface area (Å²) in [6.45, 7) is 2.13. The first-order valence-corrected chi connectivity index (χ1v) is 8.74. The summed E-state index contributed by atoms with van der Waals surface area (Å²) < 4.78 is 0. The maximum atomic E-state index is 5.66. The first-order chi connectivity index (χ1) is 10.3. The first kappa shape index (κ1) is 13.6. The van der Waals surface area contributed by atoms with Gasteiger partial charge in [-0.3, -0.25) is 0 Å². The van der Waals surface area contributed by atoms with E-state index < -0.39 is 0 Å². The minimum atomic E-state index is 0.619. The Morgan fingerprint density at radius 1 is 1.24 bits per heavy atom. The van der Waals surface area contributed by atoms with Crippen molar-refractivity contribution in [3.8, 4) is 0 Å². The zero-order chi connectivity index (χ0) is 14.2. The Bertz CT molecular complexity index is 492. The molecule has 2 heterocycles. The molecular formula is C16H24N4S. The molecule has 3 fully saturated rings. The molecule has 1 aromatic heterocycles. The van der Waals surface area contributed by atoms with Crippen molar-refractivity contribution in [2.75, 3.05) is 13.1 Å². The van der Waals surface area contributed by atoms with E-state index in [1.54, 1.807) is 6.33 Å². The summed E-state index contributed by atoms with van der Waals surface area (Å²) in [4.78, 5) is 9.75. The zero-order valence-electron chi connectivity index (χ0n) is 12.4. The number of nitrogens with zero attached hydrogens (tertiary/aromatic N) is 2. The number of hydrogen-bond donors (Lipinski definition) is 2. The first-order valence-electron chi connectivity index (χ1n) is 8.33. The van der Waals surface area contributed by atoms with E-state index in [4.69, 9.17) is 12.2 Å². The van der Waals surface area contributed by atoms with Crippen molar-refractivity contribution in [3.05, 3.63) is 18.2 Å². The van der Waals surface area contributed by atoms with Gasteiger partial charge in [0.05, 0.1) is 6.33 Å². The van der Waals surface area contributed by atoms with Crippen LogP contribution in [0.15, 0.2) is 12.5 Å². The van der Waals surface area contributed by atoms with Crippen molar-refractivity contribution in [1.82, 2.24) is 20.2 Å². The molecule has 2 N–H and O–H groups in total. The molecule has 0 unspecified atom stereocenters. The number of hydrogen-bond acceptors (Lipinski definition) is 2. The number of imidazole rings is 1. The van der Waals surface area contributed by atoms with E-state index in [0.717, 1.165) is 30.0 Å². The molecule has 3 aliphatic rings. The van der Waals surface area contributed by atoms with Crippen LogP contribution in [0.1, 0.15) is 50.1 Å². The van der Waals surface area contributed by atoms with Crippen LogP contribution in [0, 0.1) is 11.8 Å². The van der Waals surface area contributed by atoms with Gasteiger partial charge in [0, 0.05) is 36.9 Å². The van der Waals surface area contributed by atoms with Gasteiger partial charge in [0.2, 0.25) is 0 Å². The molecule has 3 atom stereocenters. The Balaban J connectivity index is 1.29. The highest BCUT2D eigenvalue weighted by Gasteiger charge is 2.40. The van der Waals surface area contributed by atoms with Crippen molar-refractivity contribution in [2.24, 2.45) is 11.8 Å². The van der Waals surface area contributed by atoms with Crippen LogP contribution in [0.3, 0.4) is 0 Å². The summed E-state index contributed by atoms with van der Waals surface area (Å²) in [5, 5.41) is 4.66. The van der Waals surface area contributed by atoms with E-state index in [-0.39, 0.29) is 0 Å². The maximum absolute atomic E-state index is 5.66. The number of aromatic nitrogens is 2.